The van der Waals surface area contributed by atoms with Gasteiger partial charge in [0.05, 0.1) is 0 Å². The molecule has 22 heavy (non-hydrogen) atoms. The largest absolute Gasteiger partial charge is 0.507 e. The van der Waals surface area contributed by atoms with Crippen LogP contribution in [0.25, 0.3) is 0 Å². The zero-order valence-corrected chi connectivity index (χ0v) is 16.1. The van der Waals surface area contributed by atoms with E-state index in [1.807, 2.05) is 25.1 Å². The first-order valence-corrected chi connectivity index (χ1v) is 7.98. The van der Waals surface area contributed by atoms with Crippen LogP contribution in [-0.4, -0.2) is 36.2 Å². The van der Waals surface area contributed by atoms with E-state index >= 15 is 0 Å². The van der Waals surface area contributed by atoms with E-state index in [0.717, 1.165) is 54.6 Å². The summed E-state index contributed by atoms with van der Waals surface area (Å²) < 4.78 is 0.994. The minimum Gasteiger partial charge on any atom is -0.507 e. The Hall–Kier alpha value is -0.260. The molecule has 2 rings (SSSR count). The van der Waals surface area contributed by atoms with Gasteiger partial charge in [0.1, 0.15) is 5.75 Å². The molecule has 0 bridgehead atoms. The second-order valence-corrected chi connectivity index (χ2v) is 6.15. The molecule has 0 amide bonds. The summed E-state index contributed by atoms with van der Waals surface area (Å²) >= 11 is 3.61. The lowest BCUT2D eigenvalue weighted by molar-refractivity contribution is 0.163. The highest BCUT2D eigenvalue weighted by atomic mass is 79.9. The van der Waals surface area contributed by atoms with Gasteiger partial charge in [-0.05, 0) is 31.4 Å². The van der Waals surface area contributed by atoms with E-state index in [2.05, 4.69) is 32.7 Å². The van der Waals surface area contributed by atoms with Crippen molar-refractivity contribution >= 4 is 40.7 Å². The van der Waals surface area contributed by atoms with Gasteiger partial charge in [0, 0.05) is 42.3 Å². The number of piperazine rings is 1. The number of nitrogens with one attached hydrogen (secondary N) is 1. The third-order valence-electron chi connectivity index (χ3n) is 3.94. The van der Waals surface area contributed by atoms with Gasteiger partial charge < -0.3 is 10.4 Å². The predicted molar refractivity (Wildman–Crippen MR) is 102 cm³/mol. The number of nitrogens with zero attached hydrogens (tertiary/aromatic N) is 1. The molecule has 0 saturated carbocycles. The van der Waals surface area contributed by atoms with Crippen molar-refractivity contribution in [1.29, 1.82) is 0 Å². The fourth-order valence-electron chi connectivity index (χ4n) is 2.79. The fourth-order valence-corrected chi connectivity index (χ4v) is 3.37. The van der Waals surface area contributed by atoms with Crippen molar-refractivity contribution in [3.8, 4) is 5.75 Å². The number of aryl methyl sites for hydroxylation is 1. The molecule has 2 N–H and O–H groups in total. The SMILES string of the molecule is C=CCC[C@H](c1c(Br)ccc(C)c1O)N1CCNCC1.Cl.Cl. The van der Waals surface area contributed by atoms with Crippen molar-refractivity contribution in [2.75, 3.05) is 26.2 Å². The molecule has 1 aliphatic heterocycles. The Morgan fingerprint density at radius 2 is 2.00 bits per heavy atom. The highest BCUT2D eigenvalue weighted by Crippen LogP contribution is 2.39. The maximum absolute atomic E-state index is 10.5. The third kappa shape index (κ3) is 5.14. The molecular weight excluding hydrogens is 387 g/mol. The Balaban J connectivity index is 0.00000220. The van der Waals surface area contributed by atoms with E-state index in [0.29, 0.717) is 5.75 Å². The number of hydrogen-bond donors (Lipinski definition) is 2. The van der Waals surface area contributed by atoms with Gasteiger partial charge in [-0.1, -0.05) is 28.1 Å². The van der Waals surface area contributed by atoms with E-state index < -0.39 is 0 Å². The Labute approximate surface area is 154 Å². The number of allylic oxidation sites excluding steroid dienone is 1. The van der Waals surface area contributed by atoms with Crippen LogP contribution < -0.4 is 5.32 Å². The Bertz CT molecular complexity index is 479. The van der Waals surface area contributed by atoms with Crippen LogP contribution in [0.15, 0.2) is 29.3 Å². The van der Waals surface area contributed by atoms with Crippen LogP contribution in [0.5, 0.6) is 5.75 Å². The molecule has 1 heterocycles. The number of phenolic OH excluding ortho intramolecular Hbond substituents is 1. The number of benzene rings is 1. The van der Waals surface area contributed by atoms with Gasteiger partial charge in [0.15, 0.2) is 0 Å². The van der Waals surface area contributed by atoms with E-state index in [4.69, 9.17) is 0 Å². The average molecular weight is 412 g/mol. The molecule has 0 unspecified atom stereocenters. The summed E-state index contributed by atoms with van der Waals surface area (Å²) in [5, 5.41) is 13.9. The van der Waals surface area contributed by atoms with Gasteiger partial charge in [-0.15, -0.1) is 31.4 Å². The lowest BCUT2D eigenvalue weighted by Gasteiger charge is -2.36. The number of rotatable bonds is 5. The highest BCUT2D eigenvalue weighted by molar-refractivity contribution is 9.10. The Morgan fingerprint density at radius 3 is 2.59 bits per heavy atom. The molecule has 1 saturated heterocycles. The van der Waals surface area contributed by atoms with Gasteiger partial charge in [0.2, 0.25) is 0 Å². The van der Waals surface area contributed by atoms with Crippen LogP contribution in [0.1, 0.15) is 30.0 Å². The maximum atomic E-state index is 10.5. The molecule has 0 aliphatic carbocycles. The minimum atomic E-state index is 0. The molecule has 1 aromatic carbocycles. The molecule has 126 valence electrons. The van der Waals surface area contributed by atoms with Gasteiger partial charge >= 0.3 is 0 Å². The van der Waals surface area contributed by atoms with Crippen LogP contribution in [-0.2, 0) is 0 Å². The van der Waals surface area contributed by atoms with Crippen LogP contribution >= 0.6 is 40.7 Å². The first-order valence-electron chi connectivity index (χ1n) is 7.18. The molecule has 1 aromatic rings. The molecule has 0 aromatic heterocycles. The van der Waals surface area contributed by atoms with E-state index in [9.17, 15) is 5.11 Å². The Morgan fingerprint density at radius 1 is 1.36 bits per heavy atom. The van der Waals surface area contributed by atoms with Gasteiger partial charge in [-0.25, -0.2) is 0 Å². The van der Waals surface area contributed by atoms with Gasteiger partial charge in [-0.2, -0.15) is 0 Å². The summed E-state index contributed by atoms with van der Waals surface area (Å²) in [5.41, 5.74) is 1.95. The summed E-state index contributed by atoms with van der Waals surface area (Å²) in [6.07, 6.45) is 3.89. The Kier molecular flexibility index (Phi) is 10.4. The molecule has 0 spiro atoms. The smallest absolute Gasteiger partial charge is 0.124 e. The van der Waals surface area contributed by atoms with Gasteiger partial charge in [-0.3, -0.25) is 4.90 Å². The molecule has 6 heteroatoms. The normalized spacial score (nSPS) is 16.3. The molecule has 1 fully saturated rings. The first kappa shape index (κ1) is 21.7. The maximum Gasteiger partial charge on any atom is 0.124 e. The summed E-state index contributed by atoms with van der Waals surface area (Å²) in [5.74, 6) is 0.423. The lowest BCUT2D eigenvalue weighted by atomic mass is 9.96. The number of hydrogen-bond acceptors (Lipinski definition) is 3. The van der Waals surface area contributed by atoms with Crippen molar-refractivity contribution in [2.24, 2.45) is 0 Å². The molecular formula is C16H25BrCl2N2O. The van der Waals surface area contributed by atoms with Crippen LogP contribution in [0.3, 0.4) is 0 Å². The summed E-state index contributed by atoms with van der Waals surface area (Å²) in [6, 6.07) is 4.23. The lowest BCUT2D eigenvalue weighted by Crippen LogP contribution is -2.45. The minimum absolute atomic E-state index is 0. The summed E-state index contributed by atoms with van der Waals surface area (Å²) in [7, 11) is 0. The molecule has 3 nitrogen and oxygen atoms in total. The molecule has 1 atom stereocenters. The molecule has 0 radical (unpaired) electrons. The standard InChI is InChI=1S/C16H23BrN2O.2ClH/c1-3-4-5-14(19-10-8-18-9-11-19)15-13(17)7-6-12(2)16(15)20;;/h3,6-7,14,18,20H,1,4-5,8-11H2,2H3;2*1H/t14-;;/m1../s1. The summed E-state index contributed by atoms with van der Waals surface area (Å²) in [4.78, 5) is 2.46. The van der Waals surface area contributed by atoms with Crippen LogP contribution in [0, 0.1) is 6.92 Å². The van der Waals surface area contributed by atoms with Gasteiger partial charge in [0.25, 0.3) is 0 Å². The quantitative estimate of drug-likeness (QED) is 0.712. The summed E-state index contributed by atoms with van der Waals surface area (Å²) in [6.45, 7) is 9.83. The first-order chi connectivity index (χ1) is 9.65. The second-order valence-electron chi connectivity index (χ2n) is 5.29. The average Bonchev–Trinajstić information content (AvgIpc) is 2.47. The van der Waals surface area contributed by atoms with Crippen LogP contribution in [0.2, 0.25) is 0 Å². The van der Waals surface area contributed by atoms with E-state index in [-0.39, 0.29) is 30.9 Å². The fraction of sp³-hybridized carbons (Fsp3) is 0.500. The molecule has 1 aliphatic rings. The van der Waals surface area contributed by atoms with E-state index in [1.165, 1.54) is 0 Å². The third-order valence-corrected chi connectivity index (χ3v) is 4.63. The zero-order chi connectivity index (χ0) is 14.5. The number of aromatic hydroxyl groups is 1. The van der Waals surface area contributed by atoms with Crippen molar-refractivity contribution in [3.05, 3.63) is 40.4 Å². The number of halogens is 3. The zero-order valence-electron chi connectivity index (χ0n) is 12.8. The van der Waals surface area contributed by atoms with Crippen molar-refractivity contribution < 1.29 is 5.11 Å². The second kappa shape index (κ2) is 10.5. The van der Waals surface area contributed by atoms with Crippen molar-refractivity contribution in [1.82, 2.24) is 10.2 Å². The van der Waals surface area contributed by atoms with Crippen molar-refractivity contribution in [2.45, 2.75) is 25.8 Å². The van der Waals surface area contributed by atoms with Crippen LogP contribution in [0.4, 0.5) is 0 Å². The monoisotopic (exact) mass is 410 g/mol. The highest BCUT2D eigenvalue weighted by Gasteiger charge is 2.26. The van der Waals surface area contributed by atoms with Crippen molar-refractivity contribution in [3.63, 3.8) is 0 Å². The van der Waals surface area contributed by atoms with E-state index in [1.54, 1.807) is 0 Å². The number of phenols is 1. The topological polar surface area (TPSA) is 35.5 Å². The predicted octanol–water partition coefficient (Wildman–Crippen LogP) is 4.22.